The smallest absolute Gasteiger partial charge is 0.134 e. The fourth-order valence-corrected chi connectivity index (χ4v) is 3.83. The highest BCUT2D eigenvalue weighted by atomic mass is 35.5. The Labute approximate surface area is 117 Å². The van der Waals surface area contributed by atoms with Gasteiger partial charge in [0.25, 0.3) is 0 Å². The maximum Gasteiger partial charge on any atom is 0.134 e. The van der Waals surface area contributed by atoms with E-state index < -0.39 is 0 Å². The van der Waals surface area contributed by atoms with E-state index in [1.165, 1.54) is 24.8 Å². The molecule has 0 aromatic heterocycles. The molecule has 2 aliphatic rings. The van der Waals surface area contributed by atoms with Crippen LogP contribution in [-0.2, 0) is 0 Å². The van der Waals surface area contributed by atoms with E-state index in [-0.39, 0.29) is 11.1 Å². The van der Waals surface area contributed by atoms with Crippen LogP contribution < -0.4 is 0 Å². The van der Waals surface area contributed by atoms with E-state index in [0.717, 1.165) is 18.4 Å². The van der Waals surface area contributed by atoms with E-state index in [9.17, 15) is 5.11 Å². The molecule has 0 fully saturated rings. The molecule has 1 nitrogen and oxygen atoms in total. The number of phenolic OH excluding ortho intramolecular Hbond substituents is 1. The Morgan fingerprint density at radius 1 is 1.17 bits per heavy atom. The molecule has 0 spiro atoms. The van der Waals surface area contributed by atoms with Gasteiger partial charge >= 0.3 is 0 Å². The van der Waals surface area contributed by atoms with Gasteiger partial charge in [0.1, 0.15) is 5.75 Å². The van der Waals surface area contributed by atoms with Crippen LogP contribution in [0.1, 0.15) is 43.6 Å². The number of rotatable bonds is 1. The third-order valence-corrected chi connectivity index (χ3v) is 5.07. The molecule has 18 heavy (non-hydrogen) atoms. The number of phenols is 1. The lowest BCUT2D eigenvalue weighted by Gasteiger charge is -2.18. The van der Waals surface area contributed by atoms with Gasteiger partial charge in [0.05, 0.1) is 10.4 Å². The summed E-state index contributed by atoms with van der Waals surface area (Å²) in [5.74, 6) is 0.459. The molecular weight excluding hydrogens is 267 g/mol. The Morgan fingerprint density at radius 2 is 1.94 bits per heavy atom. The van der Waals surface area contributed by atoms with Gasteiger partial charge in [0, 0.05) is 5.92 Å². The van der Waals surface area contributed by atoms with Crippen molar-refractivity contribution in [3.63, 3.8) is 0 Å². The van der Waals surface area contributed by atoms with Crippen molar-refractivity contribution in [1.82, 2.24) is 0 Å². The summed E-state index contributed by atoms with van der Waals surface area (Å²) in [5, 5.41) is 10.2. The van der Waals surface area contributed by atoms with Gasteiger partial charge in [-0.25, -0.2) is 0 Å². The monoisotopic (exact) mass is 282 g/mol. The summed E-state index contributed by atoms with van der Waals surface area (Å²) in [6.45, 7) is 0. The standard InChI is InChI=1S/C15H16Cl2O/c16-13-6-5-10(8-14(13)18)12-7-9-3-1-2-4-11(9)15(12)17/h5-6,8,12,15,18H,1-4,7H2. The third kappa shape index (κ3) is 2.04. The lowest BCUT2D eigenvalue weighted by Crippen LogP contribution is -2.09. The number of aromatic hydroxyl groups is 1. The van der Waals surface area contributed by atoms with Crippen LogP contribution in [0.15, 0.2) is 29.3 Å². The summed E-state index contributed by atoms with van der Waals surface area (Å²) in [5.41, 5.74) is 4.12. The van der Waals surface area contributed by atoms with Crippen molar-refractivity contribution < 1.29 is 5.11 Å². The fraction of sp³-hybridized carbons (Fsp3) is 0.467. The Hall–Kier alpha value is -0.660. The quantitative estimate of drug-likeness (QED) is 0.567. The molecule has 2 aliphatic carbocycles. The molecule has 0 saturated carbocycles. The first-order valence-electron chi connectivity index (χ1n) is 6.50. The Balaban J connectivity index is 1.89. The summed E-state index contributed by atoms with van der Waals surface area (Å²) in [6.07, 6.45) is 5.96. The van der Waals surface area contributed by atoms with Crippen LogP contribution in [0.4, 0.5) is 0 Å². The van der Waals surface area contributed by atoms with Gasteiger partial charge in [-0.1, -0.05) is 28.8 Å². The highest BCUT2D eigenvalue weighted by molar-refractivity contribution is 6.32. The van der Waals surface area contributed by atoms with Crippen LogP contribution in [0.5, 0.6) is 5.75 Å². The lowest BCUT2D eigenvalue weighted by atomic mass is 9.94. The van der Waals surface area contributed by atoms with Crippen LogP contribution in [-0.4, -0.2) is 10.5 Å². The van der Waals surface area contributed by atoms with Crippen molar-refractivity contribution in [3.05, 3.63) is 39.9 Å². The molecule has 2 unspecified atom stereocenters. The molecule has 3 rings (SSSR count). The van der Waals surface area contributed by atoms with Gasteiger partial charge in [0.15, 0.2) is 0 Å². The van der Waals surface area contributed by atoms with E-state index in [1.54, 1.807) is 17.7 Å². The molecule has 0 radical (unpaired) electrons. The van der Waals surface area contributed by atoms with Gasteiger partial charge in [-0.15, -0.1) is 11.6 Å². The van der Waals surface area contributed by atoms with E-state index in [4.69, 9.17) is 23.2 Å². The lowest BCUT2D eigenvalue weighted by molar-refractivity contribution is 0.474. The minimum Gasteiger partial charge on any atom is -0.506 e. The number of benzene rings is 1. The van der Waals surface area contributed by atoms with E-state index >= 15 is 0 Å². The molecule has 1 aromatic rings. The molecule has 0 bridgehead atoms. The van der Waals surface area contributed by atoms with Crippen LogP contribution >= 0.6 is 23.2 Å². The summed E-state index contributed by atoms with van der Waals surface area (Å²) in [4.78, 5) is 0. The fourth-order valence-electron chi connectivity index (χ4n) is 3.22. The molecule has 2 atom stereocenters. The van der Waals surface area contributed by atoms with Gasteiger partial charge in [-0.3, -0.25) is 0 Å². The second-order valence-electron chi connectivity index (χ2n) is 5.26. The van der Waals surface area contributed by atoms with Crippen LogP contribution in [0.3, 0.4) is 0 Å². The summed E-state index contributed by atoms with van der Waals surface area (Å²) < 4.78 is 0. The predicted octanol–water partition coefficient (Wildman–Crippen LogP) is 5.01. The second-order valence-corrected chi connectivity index (χ2v) is 6.14. The van der Waals surface area contributed by atoms with Gasteiger partial charge in [-0.2, -0.15) is 0 Å². The number of alkyl halides is 1. The Kier molecular flexibility index (Phi) is 3.29. The van der Waals surface area contributed by atoms with E-state index in [2.05, 4.69) is 0 Å². The Bertz CT molecular complexity index is 507. The molecule has 0 saturated heterocycles. The predicted molar refractivity (Wildman–Crippen MR) is 75.6 cm³/mol. The number of allylic oxidation sites excluding steroid dienone is 2. The van der Waals surface area contributed by atoms with Crippen LogP contribution in [0.2, 0.25) is 5.02 Å². The van der Waals surface area contributed by atoms with Gasteiger partial charge < -0.3 is 5.11 Å². The van der Waals surface area contributed by atoms with Gasteiger partial charge in [-0.05, 0) is 49.8 Å². The SMILES string of the molecule is Oc1cc(C2CC3=C(CCCC3)C2Cl)ccc1Cl. The largest absolute Gasteiger partial charge is 0.506 e. The van der Waals surface area contributed by atoms with E-state index in [0.29, 0.717) is 10.9 Å². The molecule has 1 aromatic carbocycles. The molecule has 0 heterocycles. The minimum absolute atomic E-state index is 0.0980. The zero-order valence-electron chi connectivity index (χ0n) is 10.1. The average molecular weight is 283 g/mol. The molecule has 96 valence electrons. The van der Waals surface area contributed by atoms with Gasteiger partial charge in [0.2, 0.25) is 0 Å². The summed E-state index contributed by atoms with van der Waals surface area (Å²) >= 11 is 12.5. The Morgan fingerprint density at radius 3 is 2.67 bits per heavy atom. The van der Waals surface area contributed by atoms with Crippen molar-refractivity contribution >= 4 is 23.2 Å². The first-order chi connectivity index (χ1) is 8.66. The minimum atomic E-state index is 0.0980. The molecule has 0 aliphatic heterocycles. The van der Waals surface area contributed by atoms with Crippen molar-refractivity contribution in [2.45, 2.75) is 43.4 Å². The third-order valence-electron chi connectivity index (χ3n) is 4.18. The van der Waals surface area contributed by atoms with Crippen molar-refractivity contribution in [3.8, 4) is 5.75 Å². The average Bonchev–Trinajstić information content (AvgIpc) is 2.71. The van der Waals surface area contributed by atoms with Crippen molar-refractivity contribution in [1.29, 1.82) is 0 Å². The highest BCUT2D eigenvalue weighted by Crippen LogP contribution is 2.48. The maximum absolute atomic E-state index is 9.72. The molecule has 0 amide bonds. The zero-order valence-corrected chi connectivity index (χ0v) is 11.6. The first kappa shape index (κ1) is 12.4. The topological polar surface area (TPSA) is 20.2 Å². The highest BCUT2D eigenvalue weighted by Gasteiger charge is 2.35. The second kappa shape index (κ2) is 4.79. The maximum atomic E-state index is 9.72. The van der Waals surface area contributed by atoms with E-state index in [1.807, 2.05) is 6.07 Å². The van der Waals surface area contributed by atoms with Crippen molar-refractivity contribution in [2.24, 2.45) is 0 Å². The van der Waals surface area contributed by atoms with Crippen LogP contribution in [0.25, 0.3) is 0 Å². The molecular formula is C15H16Cl2O. The summed E-state index contributed by atoms with van der Waals surface area (Å²) in [6, 6.07) is 5.51. The van der Waals surface area contributed by atoms with Crippen molar-refractivity contribution in [2.75, 3.05) is 0 Å². The normalized spacial score (nSPS) is 27.4. The zero-order chi connectivity index (χ0) is 12.7. The van der Waals surface area contributed by atoms with Crippen LogP contribution in [0, 0.1) is 0 Å². The summed E-state index contributed by atoms with van der Waals surface area (Å²) in [7, 11) is 0. The number of hydrogen-bond acceptors (Lipinski definition) is 1. The molecule has 3 heteroatoms. The number of halogens is 2. The molecule has 1 N–H and O–H groups in total. The first-order valence-corrected chi connectivity index (χ1v) is 7.31. The number of hydrogen-bond donors (Lipinski definition) is 1.